The Morgan fingerprint density at radius 3 is 2.38 bits per heavy atom. The van der Waals surface area contributed by atoms with E-state index in [4.69, 9.17) is 5.73 Å². The van der Waals surface area contributed by atoms with Crippen molar-refractivity contribution in [2.24, 2.45) is 10.7 Å². The number of guanidine groups is 1. The zero-order valence-corrected chi connectivity index (χ0v) is 11.2. The quantitative estimate of drug-likeness (QED) is 0.352. The molecule has 0 rings (SSSR count). The summed E-state index contributed by atoms with van der Waals surface area (Å²) in [5, 5.41) is 2.98. The van der Waals surface area contributed by atoms with E-state index in [1.807, 2.05) is 20.8 Å². The normalized spacial score (nSPS) is 13.9. The minimum absolute atomic E-state index is 0.0758. The van der Waals surface area contributed by atoms with E-state index in [9.17, 15) is 8.42 Å². The number of nitrogens with two attached hydrogens (primary N) is 1. The smallest absolute Gasteiger partial charge is 0.211 e. The Balaban J connectivity index is 3.94. The molecule has 0 aliphatic heterocycles. The van der Waals surface area contributed by atoms with Gasteiger partial charge in [-0.15, -0.1) is 0 Å². The maximum absolute atomic E-state index is 11.1. The Morgan fingerprint density at radius 1 is 1.38 bits per heavy atom. The molecule has 0 saturated carbocycles. The van der Waals surface area contributed by atoms with Gasteiger partial charge in [0.2, 0.25) is 10.0 Å². The van der Waals surface area contributed by atoms with Crippen molar-refractivity contribution in [2.45, 2.75) is 33.2 Å². The Labute approximate surface area is 97.8 Å². The highest BCUT2D eigenvalue weighted by Gasteiger charge is 2.09. The molecule has 0 fully saturated rings. The van der Waals surface area contributed by atoms with E-state index >= 15 is 0 Å². The maximum atomic E-state index is 11.1. The van der Waals surface area contributed by atoms with Gasteiger partial charge in [0.1, 0.15) is 0 Å². The molecular formula is C9H22N4O2S. The van der Waals surface area contributed by atoms with Crippen molar-refractivity contribution in [3.63, 3.8) is 0 Å². The summed E-state index contributed by atoms with van der Waals surface area (Å²) in [4.78, 5) is 4.00. The molecule has 0 aromatic carbocycles. The van der Waals surface area contributed by atoms with Crippen molar-refractivity contribution in [3.05, 3.63) is 0 Å². The summed E-state index contributed by atoms with van der Waals surface area (Å²) in [6.45, 7) is 8.08. The summed E-state index contributed by atoms with van der Waals surface area (Å²) in [6, 6.07) is 0. The van der Waals surface area contributed by atoms with Crippen molar-refractivity contribution in [2.75, 3.05) is 18.8 Å². The Bertz CT molecular complexity index is 330. The summed E-state index contributed by atoms with van der Waals surface area (Å²) in [6.07, 6.45) is 0. The van der Waals surface area contributed by atoms with Gasteiger partial charge >= 0.3 is 0 Å². The van der Waals surface area contributed by atoms with Gasteiger partial charge in [0.05, 0.1) is 12.3 Å². The van der Waals surface area contributed by atoms with Gasteiger partial charge in [-0.05, 0) is 27.7 Å². The number of sulfonamides is 1. The van der Waals surface area contributed by atoms with Gasteiger partial charge in [0.15, 0.2) is 5.96 Å². The van der Waals surface area contributed by atoms with Crippen LogP contribution < -0.4 is 15.8 Å². The minimum atomic E-state index is -3.13. The maximum Gasteiger partial charge on any atom is 0.211 e. The molecule has 0 aromatic heterocycles. The van der Waals surface area contributed by atoms with Crippen molar-refractivity contribution in [1.82, 2.24) is 10.0 Å². The van der Waals surface area contributed by atoms with Crippen LogP contribution in [0.1, 0.15) is 27.7 Å². The van der Waals surface area contributed by atoms with Crippen LogP contribution in [0.25, 0.3) is 0 Å². The van der Waals surface area contributed by atoms with Crippen molar-refractivity contribution < 1.29 is 8.42 Å². The first-order chi connectivity index (χ1) is 7.16. The minimum Gasteiger partial charge on any atom is -0.370 e. The number of nitrogens with zero attached hydrogens (tertiary/aromatic N) is 1. The van der Waals surface area contributed by atoms with E-state index in [1.54, 1.807) is 6.92 Å². The second kappa shape index (κ2) is 6.05. The first-order valence-corrected chi connectivity index (χ1v) is 6.87. The van der Waals surface area contributed by atoms with Gasteiger partial charge < -0.3 is 11.1 Å². The highest BCUT2D eigenvalue weighted by molar-refractivity contribution is 7.89. The molecule has 0 spiro atoms. The van der Waals surface area contributed by atoms with Crippen LogP contribution in [0.3, 0.4) is 0 Å². The topological polar surface area (TPSA) is 96.6 Å². The fourth-order valence-electron chi connectivity index (χ4n) is 0.903. The van der Waals surface area contributed by atoms with Crippen LogP contribution in [-0.4, -0.2) is 38.8 Å². The van der Waals surface area contributed by atoms with E-state index < -0.39 is 10.0 Å². The van der Waals surface area contributed by atoms with Crippen molar-refractivity contribution in [3.8, 4) is 0 Å². The predicted octanol–water partition coefficient (Wildman–Crippen LogP) is -0.371. The highest BCUT2D eigenvalue weighted by Crippen LogP contribution is 1.96. The Morgan fingerprint density at radius 2 is 1.94 bits per heavy atom. The third kappa shape index (κ3) is 8.49. The molecule has 0 aromatic rings. The van der Waals surface area contributed by atoms with E-state index in [-0.39, 0.29) is 17.8 Å². The van der Waals surface area contributed by atoms with Gasteiger partial charge in [0.25, 0.3) is 0 Å². The van der Waals surface area contributed by atoms with E-state index in [2.05, 4.69) is 15.0 Å². The summed E-state index contributed by atoms with van der Waals surface area (Å²) in [5.74, 6) is 0.398. The van der Waals surface area contributed by atoms with Gasteiger partial charge in [-0.25, -0.2) is 13.1 Å². The van der Waals surface area contributed by atoms with Crippen LogP contribution in [0, 0.1) is 0 Å². The average molecular weight is 250 g/mol. The number of rotatable bonds is 5. The van der Waals surface area contributed by atoms with Gasteiger partial charge in [0, 0.05) is 12.1 Å². The zero-order valence-electron chi connectivity index (χ0n) is 10.4. The van der Waals surface area contributed by atoms with Crippen LogP contribution in [0.4, 0.5) is 0 Å². The van der Waals surface area contributed by atoms with Gasteiger partial charge in [-0.1, -0.05) is 0 Å². The first-order valence-electron chi connectivity index (χ1n) is 5.22. The predicted molar refractivity (Wildman–Crippen MR) is 66.8 cm³/mol. The molecule has 96 valence electrons. The van der Waals surface area contributed by atoms with Crippen LogP contribution in [0.15, 0.2) is 4.99 Å². The summed E-state index contributed by atoms with van der Waals surface area (Å²) in [7, 11) is -3.13. The molecule has 0 aliphatic carbocycles. The van der Waals surface area contributed by atoms with Gasteiger partial charge in [-0.2, -0.15) is 0 Å². The first kappa shape index (κ1) is 15.2. The fourth-order valence-corrected chi connectivity index (χ4v) is 1.51. The molecule has 6 nitrogen and oxygen atoms in total. The number of nitrogens with one attached hydrogen (secondary N) is 2. The third-order valence-corrected chi connectivity index (χ3v) is 3.00. The summed E-state index contributed by atoms with van der Waals surface area (Å²) >= 11 is 0. The van der Waals surface area contributed by atoms with Gasteiger partial charge in [-0.3, -0.25) is 4.99 Å². The number of hydrogen-bond donors (Lipinski definition) is 3. The Hall–Kier alpha value is -0.820. The van der Waals surface area contributed by atoms with E-state index in [0.717, 1.165) is 0 Å². The molecule has 0 heterocycles. The summed E-state index contributed by atoms with van der Waals surface area (Å²) < 4.78 is 24.5. The lowest BCUT2D eigenvalue weighted by Gasteiger charge is -2.20. The molecule has 0 aliphatic rings. The largest absolute Gasteiger partial charge is 0.370 e. The van der Waals surface area contributed by atoms with E-state index in [1.165, 1.54) is 0 Å². The molecular weight excluding hydrogens is 228 g/mol. The molecule has 16 heavy (non-hydrogen) atoms. The Kier molecular flexibility index (Phi) is 5.74. The SMILES string of the molecule is CCS(=O)(=O)NCCN=C(N)NC(C)(C)C. The molecule has 0 unspecified atom stereocenters. The monoisotopic (exact) mass is 250 g/mol. The van der Waals surface area contributed by atoms with Crippen LogP contribution in [-0.2, 0) is 10.0 Å². The second-order valence-electron chi connectivity index (χ2n) is 4.44. The van der Waals surface area contributed by atoms with Crippen molar-refractivity contribution >= 4 is 16.0 Å². The standard InChI is InChI=1S/C9H22N4O2S/c1-5-16(14,15)12-7-6-11-8(10)13-9(2,3)4/h12H,5-7H2,1-4H3,(H3,10,11,13). The van der Waals surface area contributed by atoms with Crippen molar-refractivity contribution in [1.29, 1.82) is 0 Å². The average Bonchev–Trinajstić information content (AvgIpc) is 2.10. The third-order valence-electron chi connectivity index (χ3n) is 1.60. The molecule has 0 radical (unpaired) electrons. The molecule has 0 atom stereocenters. The van der Waals surface area contributed by atoms with E-state index in [0.29, 0.717) is 12.5 Å². The fraction of sp³-hybridized carbons (Fsp3) is 0.889. The lowest BCUT2D eigenvalue weighted by atomic mass is 10.1. The number of aliphatic imine (C=N–C) groups is 1. The molecule has 7 heteroatoms. The molecule has 0 amide bonds. The second-order valence-corrected chi connectivity index (χ2v) is 6.54. The highest BCUT2D eigenvalue weighted by atomic mass is 32.2. The number of hydrogen-bond acceptors (Lipinski definition) is 3. The molecule has 0 saturated heterocycles. The molecule has 4 N–H and O–H groups in total. The summed E-state index contributed by atoms with van der Waals surface area (Å²) in [5.41, 5.74) is 5.46. The lowest BCUT2D eigenvalue weighted by molar-refractivity contribution is 0.508. The molecule has 0 bridgehead atoms. The zero-order chi connectivity index (χ0) is 12.8. The van der Waals surface area contributed by atoms with Crippen LogP contribution in [0.5, 0.6) is 0 Å². The van der Waals surface area contributed by atoms with Crippen LogP contribution in [0.2, 0.25) is 0 Å². The van der Waals surface area contributed by atoms with Crippen LogP contribution >= 0.6 is 0 Å². The lowest BCUT2D eigenvalue weighted by Crippen LogP contribution is -2.45.